The number of aromatic carboxylic acids is 1. The molecule has 3 nitrogen and oxygen atoms in total. The molecule has 2 rings (SSSR count). The summed E-state index contributed by atoms with van der Waals surface area (Å²) < 4.78 is 5.64. The van der Waals surface area contributed by atoms with E-state index in [1.54, 1.807) is 24.3 Å². The maximum Gasteiger partial charge on any atom is 0.341 e. The van der Waals surface area contributed by atoms with E-state index < -0.39 is 5.97 Å². The molecule has 0 aliphatic carbocycles. The summed E-state index contributed by atoms with van der Waals surface area (Å²) in [6.07, 6.45) is 0. The van der Waals surface area contributed by atoms with Gasteiger partial charge in [0, 0.05) is 5.02 Å². The van der Waals surface area contributed by atoms with Crippen LogP contribution in [-0.2, 0) is 0 Å². The molecule has 20 heavy (non-hydrogen) atoms. The number of hydrogen-bond donors (Lipinski definition) is 1. The minimum atomic E-state index is -1.13. The standard InChI is InChI=1S/C15H12Cl2O3/c1-8-6-10(7-9(2)14(8)17)20-12-5-3-4-11(16)13(12)15(18)19/h3-7H,1-2H3,(H,18,19). The van der Waals surface area contributed by atoms with Crippen molar-refractivity contribution < 1.29 is 14.6 Å². The van der Waals surface area contributed by atoms with Crippen molar-refractivity contribution in [2.24, 2.45) is 0 Å². The lowest BCUT2D eigenvalue weighted by atomic mass is 10.1. The number of carboxylic acid groups (broad SMARTS) is 1. The summed E-state index contributed by atoms with van der Waals surface area (Å²) in [4.78, 5) is 11.2. The first-order chi connectivity index (χ1) is 9.40. The van der Waals surface area contributed by atoms with E-state index in [1.165, 1.54) is 6.07 Å². The molecular weight excluding hydrogens is 299 g/mol. The van der Waals surface area contributed by atoms with Gasteiger partial charge in [-0.25, -0.2) is 4.79 Å². The third kappa shape index (κ3) is 2.89. The molecule has 1 N–H and O–H groups in total. The molecule has 0 aliphatic heterocycles. The Kier molecular flexibility index (Phi) is 4.21. The first kappa shape index (κ1) is 14.7. The molecule has 0 fully saturated rings. The Bertz CT molecular complexity index is 658. The van der Waals surface area contributed by atoms with Crippen molar-refractivity contribution in [1.29, 1.82) is 0 Å². The van der Waals surface area contributed by atoms with E-state index in [9.17, 15) is 9.90 Å². The fourth-order valence-electron chi connectivity index (χ4n) is 1.89. The van der Waals surface area contributed by atoms with E-state index >= 15 is 0 Å². The van der Waals surface area contributed by atoms with Gasteiger partial charge in [-0.15, -0.1) is 0 Å². The Morgan fingerprint density at radius 2 is 1.75 bits per heavy atom. The molecule has 2 aromatic carbocycles. The van der Waals surface area contributed by atoms with Crippen LogP contribution in [0.3, 0.4) is 0 Å². The third-order valence-corrected chi connectivity index (χ3v) is 3.74. The Hall–Kier alpha value is -1.71. The molecule has 0 saturated carbocycles. The highest BCUT2D eigenvalue weighted by Gasteiger charge is 2.16. The normalized spacial score (nSPS) is 10.4. The molecule has 0 spiro atoms. The molecule has 2 aromatic rings. The van der Waals surface area contributed by atoms with Crippen LogP contribution in [0.15, 0.2) is 30.3 Å². The molecule has 0 aromatic heterocycles. The molecule has 0 amide bonds. The SMILES string of the molecule is Cc1cc(Oc2cccc(Cl)c2C(=O)O)cc(C)c1Cl. The maximum atomic E-state index is 11.2. The zero-order valence-electron chi connectivity index (χ0n) is 10.9. The monoisotopic (exact) mass is 310 g/mol. The van der Waals surface area contributed by atoms with Gasteiger partial charge in [0.15, 0.2) is 0 Å². The molecule has 0 radical (unpaired) electrons. The van der Waals surface area contributed by atoms with Crippen LogP contribution in [0.4, 0.5) is 0 Å². The lowest BCUT2D eigenvalue weighted by Gasteiger charge is -2.12. The van der Waals surface area contributed by atoms with Gasteiger partial charge in [-0.3, -0.25) is 0 Å². The topological polar surface area (TPSA) is 46.5 Å². The number of hydrogen-bond acceptors (Lipinski definition) is 2. The molecule has 0 saturated heterocycles. The number of benzene rings is 2. The van der Waals surface area contributed by atoms with Gasteiger partial charge >= 0.3 is 5.97 Å². The van der Waals surface area contributed by atoms with Crippen LogP contribution in [0.5, 0.6) is 11.5 Å². The summed E-state index contributed by atoms with van der Waals surface area (Å²) in [6, 6.07) is 8.22. The summed E-state index contributed by atoms with van der Waals surface area (Å²) in [5, 5.41) is 10.00. The lowest BCUT2D eigenvalue weighted by Crippen LogP contribution is -2.01. The van der Waals surface area contributed by atoms with Gasteiger partial charge in [0.2, 0.25) is 0 Å². The van der Waals surface area contributed by atoms with E-state index in [-0.39, 0.29) is 16.3 Å². The van der Waals surface area contributed by atoms with Gasteiger partial charge in [-0.05, 0) is 49.2 Å². The second-order valence-electron chi connectivity index (χ2n) is 4.39. The lowest BCUT2D eigenvalue weighted by molar-refractivity contribution is 0.0694. The van der Waals surface area contributed by atoms with Gasteiger partial charge in [0.05, 0.1) is 5.02 Å². The second kappa shape index (κ2) is 5.73. The van der Waals surface area contributed by atoms with Gasteiger partial charge in [-0.1, -0.05) is 29.3 Å². The Labute approximate surface area is 126 Å². The number of carboxylic acids is 1. The Morgan fingerprint density at radius 1 is 1.15 bits per heavy atom. The van der Waals surface area contributed by atoms with Gasteiger partial charge < -0.3 is 9.84 Å². The summed E-state index contributed by atoms with van der Waals surface area (Å²) >= 11 is 12.0. The number of halogens is 2. The van der Waals surface area contributed by atoms with E-state index in [1.807, 2.05) is 13.8 Å². The predicted octanol–water partition coefficient (Wildman–Crippen LogP) is 5.10. The van der Waals surface area contributed by atoms with Crippen molar-refractivity contribution in [3.8, 4) is 11.5 Å². The maximum absolute atomic E-state index is 11.2. The summed E-state index contributed by atoms with van der Waals surface area (Å²) in [7, 11) is 0. The highest BCUT2D eigenvalue weighted by Crippen LogP contribution is 2.33. The van der Waals surface area contributed by atoms with Crippen LogP contribution < -0.4 is 4.74 Å². The third-order valence-electron chi connectivity index (χ3n) is 2.83. The first-order valence-electron chi connectivity index (χ1n) is 5.86. The van der Waals surface area contributed by atoms with Crippen molar-refractivity contribution in [2.75, 3.05) is 0 Å². The molecule has 0 atom stereocenters. The van der Waals surface area contributed by atoms with Crippen LogP contribution in [0.1, 0.15) is 21.5 Å². The fraction of sp³-hybridized carbons (Fsp3) is 0.133. The van der Waals surface area contributed by atoms with Gasteiger partial charge in [0.25, 0.3) is 0 Å². The summed E-state index contributed by atoms with van der Waals surface area (Å²) in [6.45, 7) is 3.72. The molecule has 0 bridgehead atoms. The Balaban J connectivity index is 2.45. The predicted molar refractivity (Wildman–Crippen MR) is 79.4 cm³/mol. The fourth-order valence-corrected chi connectivity index (χ4v) is 2.24. The van der Waals surface area contributed by atoms with E-state index in [4.69, 9.17) is 27.9 Å². The molecular formula is C15H12Cl2O3. The quantitative estimate of drug-likeness (QED) is 0.857. The van der Waals surface area contributed by atoms with E-state index in [0.29, 0.717) is 10.8 Å². The minimum Gasteiger partial charge on any atom is -0.478 e. The number of rotatable bonds is 3. The second-order valence-corrected chi connectivity index (χ2v) is 5.18. The van der Waals surface area contributed by atoms with Crippen molar-refractivity contribution in [2.45, 2.75) is 13.8 Å². The van der Waals surface area contributed by atoms with Gasteiger partial charge in [0.1, 0.15) is 17.1 Å². The highest BCUT2D eigenvalue weighted by atomic mass is 35.5. The van der Waals surface area contributed by atoms with Crippen LogP contribution in [-0.4, -0.2) is 11.1 Å². The zero-order chi connectivity index (χ0) is 14.9. The summed E-state index contributed by atoms with van der Waals surface area (Å²) in [5.41, 5.74) is 1.67. The van der Waals surface area contributed by atoms with Crippen molar-refractivity contribution in [3.63, 3.8) is 0 Å². The highest BCUT2D eigenvalue weighted by molar-refractivity contribution is 6.34. The van der Waals surface area contributed by atoms with Crippen LogP contribution >= 0.6 is 23.2 Å². The van der Waals surface area contributed by atoms with Crippen molar-refractivity contribution >= 4 is 29.2 Å². The van der Waals surface area contributed by atoms with Crippen molar-refractivity contribution in [1.82, 2.24) is 0 Å². The average Bonchev–Trinajstić information content (AvgIpc) is 2.35. The largest absolute Gasteiger partial charge is 0.478 e. The number of ether oxygens (including phenoxy) is 1. The van der Waals surface area contributed by atoms with Crippen molar-refractivity contribution in [3.05, 3.63) is 57.1 Å². The van der Waals surface area contributed by atoms with Crippen LogP contribution in [0.2, 0.25) is 10.0 Å². The smallest absolute Gasteiger partial charge is 0.341 e. The van der Waals surface area contributed by atoms with E-state index in [0.717, 1.165) is 11.1 Å². The zero-order valence-corrected chi connectivity index (χ0v) is 12.4. The first-order valence-corrected chi connectivity index (χ1v) is 6.62. The van der Waals surface area contributed by atoms with E-state index in [2.05, 4.69) is 0 Å². The summed E-state index contributed by atoms with van der Waals surface area (Å²) in [5.74, 6) is -0.409. The number of carbonyl (C=O) groups is 1. The average molecular weight is 311 g/mol. The molecule has 5 heteroatoms. The molecule has 0 aliphatic rings. The Morgan fingerprint density at radius 3 is 2.30 bits per heavy atom. The molecule has 0 unspecified atom stereocenters. The molecule has 0 heterocycles. The van der Waals surface area contributed by atoms with Gasteiger partial charge in [-0.2, -0.15) is 0 Å². The number of aryl methyl sites for hydroxylation is 2. The minimum absolute atomic E-state index is 0.0561. The van der Waals surface area contributed by atoms with Crippen LogP contribution in [0, 0.1) is 13.8 Å². The van der Waals surface area contributed by atoms with Crippen LogP contribution in [0.25, 0.3) is 0 Å². The molecule has 104 valence electrons.